The molecule has 0 bridgehead atoms. The molecule has 2 N–H and O–H groups in total. The maximum Gasteiger partial charge on any atom is 0.272 e. The Morgan fingerprint density at radius 3 is 1.33 bits per heavy atom. The van der Waals surface area contributed by atoms with Gasteiger partial charge < -0.3 is 10.2 Å². The zero-order chi connectivity index (χ0) is 5.15. The second-order valence-electron chi connectivity index (χ2n) is 1.32. The van der Waals surface area contributed by atoms with Gasteiger partial charge in [-0.05, 0) is 13.8 Å². The molecule has 0 atom stereocenters. The third-order valence-corrected chi connectivity index (χ3v) is 0.447. The van der Waals surface area contributed by atoms with Crippen LogP contribution < -0.4 is 0 Å². The summed E-state index contributed by atoms with van der Waals surface area (Å²) in [5.74, 6) is -0.574. The second-order valence-corrected chi connectivity index (χ2v) is 1.32. The molecule has 0 spiro atoms. The van der Waals surface area contributed by atoms with Crippen molar-refractivity contribution in [2.75, 3.05) is 0 Å². The first-order valence-corrected chi connectivity index (χ1v) is 1.70. The van der Waals surface area contributed by atoms with Gasteiger partial charge in [0.05, 0.1) is 0 Å². The Kier molecular flexibility index (Phi) is 1.51. The van der Waals surface area contributed by atoms with Gasteiger partial charge >= 0.3 is 0 Å². The molecule has 0 aromatic rings. The fourth-order valence-electron chi connectivity index (χ4n) is 0. The maximum absolute atomic E-state index is 8.06. The summed E-state index contributed by atoms with van der Waals surface area (Å²) in [4.78, 5) is 0. The van der Waals surface area contributed by atoms with Crippen molar-refractivity contribution < 1.29 is 10.2 Å². The largest absolute Gasteiger partial charge is 0.481 e. The molecule has 0 amide bonds. The molecule has 0 aliphatic carbocycles. The van der Waals surface area contributed by atoms with E-state index in [1.165, 1.54) is 0 Å². The molecule has 2 heteroatoms. The lowest BCUT2D eigenvalue weighted by atomic mass is 10.4. The second kappa shape index (κ2) is 1.70. The van der Waals surface area contributed by atoms with E-state index in [1.807, 2.05) is 0 Å². The van der Waals surface area contributed by atoms with Crippen LogP contribution in [0.1, 0.15) is 13.8 Å². The standard InChI is InChI=1S/C4H8O2/c1-3(2)4(5)6/h5-6H,1-2H3. The molecule has 0 rings (SSSR count). The van der Waals surface area contributed by atoms with Crippen molar-refractivity contribution >= 4 is 0 Å². The molecule has 0 aliphatic heterocycles. The highest BCUT2D eigenvalue weighted by molar-refractivity contribution is 4.90. The third-order valence-electron chi connectivity index (χ3n) is 0.447. The molecule has 36 valence electrons. The molecule has 0 heterocycles. The zero-order valence-electron chi connectivity index (χ0n) is 3.89. The van der Waals surface area contributed by atoms with Gasteiger partial charge in [0.2, 0.25) is 0 Å². The fraction of sp³-hybridized carbons (Fsp3) is 0.500. The van der Waals surface area contributed by atoms with Gasteiger partial charge in [-0.25, -0.2) is 0 Å². The Morgan fingerprint density at radius 1 is 1.17 bits per heavy atom. The van der Waals surface area contributed by atoms with E-state index in [0.29, 0.717) is 5.57 Å². The number of rotatable bonds is 0. The first kappa shape index (κ1) is 5.34. The molecule has 0 aromatic heterocycles. The Bertz CT molecular complexity index is 55.6. The zero-order valence-corrected chi connectivity index (χ0v) is 3.89. The summed E-state index contributed by atoms with van der Waals surface area (Å²) in [5, 5.41) is 16.1. The summed E-state index contributed by atoms with van der Waals surface area (Å²) in [6.45, 7) is 3.24. The fourth-order valence-corrected chi connectivity index (χ4v) is 0. The van der Waals surface area contributed by atoms with Crippen LogP contribution in [-0.2, 0) is 0 Å². The molecule has 0 unspecified atom stereocenters. The quantitative estimate of drug-likeness (QED) is 0.439. The predicted octanol–water partition coefficient (Wildman–Crippen LogP) is 1.35. The van der Waals surface area contributed by atoms with E-state index in [1.54, 1.807) is 13.8 Å². The van der Waals surface area contributed by atoms with Gasteiger partial charge in [-0.3, -0.25) is 0 Å². The maximum atomic E-state index is 8.06. The number of allylic oxidation sites excluding steroid dienone is 1. The summed E-state index contributed by atoms with van der Waals surface area (Å²) in [6, 6.07) is 0. The SMILES string of the molecule is CC(C)=C(O)O. The Morgan fingerprint density at radius 2 is 1.33 bits per heavy atom. The average Bonchev–Trinajstić information content (AvgIpc) is 1.36. The summed E-state index contributed by atoms with van der Waals surface area (Å²) in [5.41, 5.74) is 0.537. The van der Waals surface area contributed by atoms with Gasteiger partial charge in [0.1, 0.15) is 0 Å². The first-order chi connectivity index (χ1) is 2.64. The van der Waals surface area contributed by atoms with Crippen LogP contribution in [0.15, 0.2) is 11.5 Å². The molecular formula is C4H8O2. The van der Waals surface area contributed by atoms with Crippen molar-refractivity contribution in [3.05, 3.63) is 11.5 Å². The highest BCUT2D eigenvalue weighted by atomic mass is 16.5. The van der Waals surface area contributed by atoms with Crippen LogP contribution in [0.5, 0.6) is 0 Å². The number of hydrogen-bond donors (Lipinski definition) is 2. The molecule has 0 fully saturated rings. The van der Waals surface area contributed by atoms with Crippen LogP contribution >= 0.6 is 0 Å². The molecule has 6 heavy (non-hydrogen) atoms. The van der Waals surface area contributed by atoms with E-state index >= 15 is 0 Å². The van der Waals surface area contributed by atoms with Gasteiger partial charge in [0, 0.05) is 5.57 Å². The number of aliphatic hydroxyl groups excluding tert-OH is 1. The van der Waals surface area contributed by atoms with Gasteiger partial charge in [-0.2, -0.15) is 0 Å². The average molecular weight is 88.1 g/mol. The molecule has 0 saturated carbocycles. The Balaban J connectivity index is 3.68. The van der Waals surface area contributed by atoms with Crippen molar-refractivity contribution in [1.82, 2.24) is 0 Å². The summed E-state index contributed by atoms with van der Waals surface area (Å²) >= 11 is 0. The van der Waals surface area contributed by atoms with Crippen LogP contribution in [-0.4, -0.2) is 10.2 Å². The minimum absolute atomic E-state index is 0.537. The van der Waals surface area contributed by atoms with E-state index in [2.05, 4.69) is 0 Å². The molecule has 0 radical (unpaired) electrons. The monoisotopic (exact) mass is 88.1 g/mol. The van der Waals surface area contributed by atoms with E-state index in [-0.39, 0.29) is 0 Å². The Labute approximate surface area is 36.7 Å². The smallest absolute Gasteiger partial charge is 0.272 e. The summed E-state index contributed by atoms with van der Waals surface area (Å²) < 4.78 is 0. The molecule has 0 aromatic carbocycles. The van der Waals surface area contributed by atoms with Gasteiger partial charge in [-0.1, -0.05) is 0 Å². The lowest BCUT2D eigenvalue weighted by Crippen LogP contribution is -1.77. The molecule has 0 aliphatic rings. The minimum Gasteiger partial charge on any atom is -0.481 e. The van der Waals surface area contributed by atoms with Crippen molar-refractivity contribution in [2.24, 2.45) is 0 Å². The van der Waals surface area contributed by atoms with Crippen molar-refractivity contribution in [2.45, 2.75) is 13.8 Å². The summed E-state index contributed by atoms with van der Waals surface area (Å²) in [6.07, 6.45) is 0. The van der Waals surface area contributed by atoms with Crippen LogP contribution in [0.25, 0.3) is 0 Å². The lowest BCUT2D eigenvalue weighted by Gasteiger charge is -1.85. The highest BCUT2D eigenvalue weighted by Crippen LogP contribution is 1.90. The van der Waals surface area contributed by atoms with Crippen LogP contribution in [0.2, 0.25) is 0 Å². The predicted molar refractivity (Wildman–Crippen MR) is 23.6 cm³/mol. The highest BCUT2D eigenvalue weighted by Gasteiger charge is 1.82. The minimum atomic E-state index is -0.574. The van der Waals surface area contributed by atoms with Crippen LogP contribution in [0.3, 0.4) is 0 Å². The molecule has 2 nitrogen and oxygen atoms in total. The van der Waals surface area contributed by atoms with Crippen LogP contribution in [0.4, 0.5) is 0 Å². The van der Waals surface area contributed by atoms with Crippen molar-refractivity contribution in [3.8, 4) is 0 Å². The normalized spacial score (nSPS) is 7.67. The topological polar surface area (TPSA) is 40.5 Å². The van der Waals surface area contributed by atoms with Gasteiger partial charge in [-0.15, -0.1) is 0 Å². The number of hydrogen-bond acceptors (Lipinski definition) is 2. The summed E-state index contributed by atoms with van der Waals surface area (Å²) in [7, 11) is 0. The Hall–Kier alpha value is -0.660. The van der Waals surface area contributed by atoms with Gasteiger partial charge in [0.25, 0.3) is 5.95 Å². The third kappa shape index (κ3) is 1.64. The first-order valence-electron chi connectivity index (χ1n) is 1.70. The van der Waals surface area contributed by atoms with Crippen molar-refractivity contribution in [3.63, 3.8) is 0 Å². The molecular weight excluding hydrogens is 80.0 g/mol. The molecule has 0 saturated heterocycles. The van der Waals surface area contributed by atoms with E-state index < -0.39 is 5.95 Å². The van der Waals surface area contributed by atoms with Crippen LogP contribution in [0, 0.1) is 0 Å². The van der Waals surface area contributed by atoms with Gasteiger partial charge in [0.15, 0.2) is 0 Å². The van der Waals surface area contributed by atoms with Crippen molar-refractivity contribution in [1.29, 1.82) is 0 Å². The van der Waals surface area contributed by atoms with E-state index in [9.17, 15) is 0 Å². The van der Waals surface area contributed by atoms with E-state index in [4.69, 9.17) is 10.2 Å². The van der Waals surface area contributed by atoms with E-state index in [0.717, 1.165) is 0 Å². The lowest BCUT2D eigenvalue weighted by molar-refractivity contribution is 0.185. The number of aliphatic hydroxyl groups is 2.